The summed E-state index contributed by atoms with van der Waals surface area (Å²) in [5.74, 6) is 0. The number of nitrogens with one attached hydrogen (secondary N) is 1. The van der Waals surface area contributed by atoms with Crippen molar-refractivity contribution in [1.29, 1.82) is 0 Å². The van der Waals surface area contributed by atoms with Gasteiger partial charge in [0.2, 0.25) is 0 Å². The van der Waals surface area contributed by atoms with Crippen molar-refractivity contribution in [1.82, 2.24) is 10.3 Å². The van der Waals surface area contributed by atoms with Gasteiger partial charge < -0.3 is 5.32 Å². The molecule has 0 radical (unpaired) electrons. The Hall–Kier alpha value is -0.410. The van der Waals surface area contributed by atoms with Gasteiger partial charge in [-0.3, -0.25) is 4.98 Å². The third kappa shape index (κ3) is 3.08. The average Bonchev–Trinajstić information content (AvgIpc) is 2.14. The summed E-state index contributed by atoms with van der Waals surface area (Å²) in [5.41, 5.74) is 1.25. The van der Waals surface area contributed by atoms with Crippen LogP contribution in [0.2, 0.25) is 0 Å². The Morgan fingerprint density at radius 1 is 1.54 bits per heavy atom. The highest BCUT2D eigenvalue weighted by molar-refractivity contribution is 9.10. The molecule has 2 nitrogen and oxygen atoms in total. The highest BCUT2D eigenvalue weighted by Gasteiger charge is 2.07. The van der Waals surface area contributed by atoms with Gasteiger partial charge in [-0.1, -0.05) is 13.3 Å². The predicted octanol–water partition coefficient (Wildman–Crippen LogP) is 2.90. The molecule has 0 aromatic carbocycles. The minimum atomic E-state index is 0.426. The van der Waals surface area contributed by atoms with Crippen molar-refractivity contribution in [2.45, 2.75) is 25.8 Å². The van der Waals surface area contributed by atoms with Gasteiger partial charge in [0.25, 0.3) is 0 Å². The summed E-state index contributed by atoms with van der Waals surface area (Å²) in [6, 6.07) is 2.54. The molecule has 13 heavy (non-hydrogen) atoms. The van der Waals surface area contributed by atoms with Crippen molar-refractivity contribution in [2.75, 3.05) is 7.05 Å². The zero-order chi connectivity index (χ0) is 9.68. The molecular weight excluding hydrogens is 228 g/mol. The molecule has 0 amide bonds. The first-order valence-electron chi connectivity index (χ1n) is 4.55. The fourth-order valence-corrected chi connectivity index (χ4v) is 1.77. The SMILES string of the molecule is CCCC(NC)c1cncc(Br)c1. The lowest BCUT2D eigenvalue weighted by molar-refractivity contribution is 0.540. The molecule has 1 rings (SSSR count). The minimum Gasteiger partial charge on any atom is -0.313 e. The van der Waals surface area contributed by atoms with Gasteiger partial charge in [0, 0.05) is 22.9 Å². The Bertz CT molecular complexity index is 263. The Kier molecular flexibility index (Phi) is 4.39. The lowest BCUT2D eigenvalue weighted by Gasteiger charge is -2.15. The van der Waals surface area contributed by atoms with Gasteiger partial charge >= 0.3 is 0 Å². The maximum atomic E-state index is 4.15. The van der Waals surface area contributed by atoms with Crippen LogP contribution in [0.15, 0.2) is 22.9 Å². The smallest absolute Gasteiger partial charge is 0.0410 e. The van der Waals surface area contributed by atoms with Crippen LogP contribution < -0.4 is 5.32 Å². The maximum Gasteiger partial charge on any atom is 0.0410 e. The standard InChI is InChI=1S/C10H15BrN2/c1-3-4-10(12-2)8-5-9(11)7-13-6-8/h5-7,10,12H,3-4H2,1-2H3. The van der Waals surface area contributed by atoms with E-state index in [2.05, 4.69) is 39.2 Å². The van der Waals surface area contributed by atoms with E-state index >= 15 is 0 Å². The molecule has 1 aromatic rings. The molecule has 0 saturated heterocycles. The number of hydrogen-bond donors (Lipinski definition) is 1. The summed E-state index contributed by atoms with van der Waals surface area (Å²) < 4.78 is 1.04. The quantitative estimate of drug-likeness (QED) is 0.879. The second-order valence-corrected chi connectivity index (χ2v) is 3.98. The lowest BCUT2D eigenvalue weighted by Crippen LogP contribution is -2.16. The fraction of sp³-hybridized carbons (Fsp3) is 0.500. The number of rotatable bonds is 4. The van der Waals surface area contributed by atoms with Crippen LogP contribution in [-0.4, -0.2) is 12.0 Å². The van der Waals surface area contributed by atoms with Crippen LogP contribution >= 0.6 is 15.9 Å². The van der Waals surface area contributed by atoms with E-state index in [1.165, 1.54) is 12.0 Å². The monoisotopic (exact) mass is 242 g/mol. The maximum absolute atomic E-state index is 4.15. The average molecular weight is 243 g/mol. The zero-order valence-corrected chi connectivity index (χ0v) is 9.63. The van der Waals surface area contributed by atoms with Crippen molar-refractivity contribution >= 4 is 15.9 Å². The molecule has 1 heterocycles. The number of nitrogens with zero attached hydrogens (tertiary/aromatic N) is 1. The van der Waals surface area contributed by atoms with Gasteiger partial charge in [0.1, 0.15) is 0 Å². The summed E-state index contributed by atoms with van der Waals surface area (Å²) in [4.78, 5) is 4.15. The van der Waals surface area contributed by atoms with Crippen LogP contribution in [-0.2, 0) is 0 Å². The van der Waals surface area contributed by atoms with E-state index in [1.807, 2.05) is 19.4 Å². The molecule has 0 bridgehead atoms. The summed E-state index contributed by atoms with van der Waals surface area (Å²) in [6.07, 6.45) is 6.05. The number of halogens is 1. The highest BCUT2D eigenvalue weighted by Crippen LogP contribution is 2.19. The molecule has 0 fully saturated rings. The summed E-state index contributed by atoms with van der Waals surface area (Å²) in [6.45, 7) is 2.19. The molecule has 0 aliphatic rings. The molecule has 1 unspecified atom stereocenters. The van der Waals surface area contributed by atoms with Crippen LogP contribution in [0.3, 0.4) is 0 Å². The van der Waals surface area contributed by atoms with Crippen LogP contribution in [0.4, 0.5) is 0 Å². The Morgan fingerprint density at radius 2 is 2.31 bits per heavy atom. The van der Waals surface area contributed by atoms with E-state index in [0.29, 0.717) is 6.04 Å². The second kappa shape index (κ2) is 5.35. The highest BCUT2D eigenvalue weighted by atomic mass is 79.9. The molecule has 0 aliphatic carbocycles. The van der Waals surface area contributed by atoms with E-state index < -0.39 is 0 Å². The van der Waals surface area contributed by atoms with Gasteiger partial charge in [0.05, 0.1) is 0 Å². The third-order valence-corrected chi connectivity index (χ3v) is 2.49. The molecule has 0 saturated carbocycles. The molecular formula is C10H15BrN2. The Balaban J connectivity index is 2.78. The first-order valence-corrected chi connectivity index (χ1v) is 5.35. The molecule has 72 valence electrons. The van der Waals surface area contributed by atoms with E-state index in [-0.39, 0.29) is 0 Å². The van der Waals surface area contributed by atoms with E-state index in [0.717, 1.165) is 10.9 Å². The minimum absolute atomic E-state index is 0.426. The normalized spacial score (nSPS) is 12.8. The van der Waals surface area contributed by atoms with Crippen molar-refractivity contribution in [3.63, 3.8) is 0 Å². The second-order valence-electron chi connectivity index (χ2n) is 3.07. The van der Waals surface area contributed by atoms with Crippen LogP contribution in [0.1, 0.15) is 31.4 Å². The van der Waals surface area contributed by atoms with Gasteiger partial charge in [-0.15, -0.1) is 0 Å². The molecule has 1 N–H and O–H groups in total. The van der Waals surface area contributed by atoms with Gasteiger partial charge in [-0.25, -0.2) is 0 Å². The van der Waals surface area contributed by atoms with E-state index in [9.17, 15) is 0 Å². The largest absolute Gasteiger partial charge is 0.313 e. The summed E-state index contributed by atoms with van der Waals surface area (Å²) >= 11 is 3.42. The van der Waals surface area contributed by atoms with Crippen LogP contribution in [0.5, 0.6) is 0 Å². The van der Waals surface area contributed by atoms with Gasteiger partial charge in [-0.2, -0.15) is 0 Å². The van der Waals surface area contributed by atoms with Crippen molar-refractivity contribution in [3.8, 4) is 0 Å². The predicted molar refractivity (Wildman–Crippen MR) is 58.6 cm³/mol. The first kappa shape index (κ1) is 10.7. The molecule has 1 aromatic heterocycles. The molecule has 1 atom stereocenters. The van der Waals surface area contributed by atoms with E-state index in [1.54, 1.807) is 0 Å². The van der Waals surface area contributed by atoms with Crippen molar-refractivity contribution < 1.29 is 0 Å². The summed E-state index contributed by atoms with van der Waals surface area (Å²) in [5, 5.41) is 3.29. The fourth-order valence-electron chi connectivity index (χ4n) is 1.39. The van der Waals surface area contributed by atoms with Crippen molar-refractivity contribution in [3.05, 3.63) is 28.5 Å². The molecule has 3 heteroatoms. The van der Waals surface area contributed by atoms with Crippen molar-refractivity contribution in [2.24, 2.45) is 0 Å². The zero-order valence-electron chi connectivity index (χ0n) is 8.05. The third-order valence-electron chi connectivity index (χ3n) is 2.05. The first-order chi connectivity index (χ1) is 6.27. The molecule has 0 spiro atoms. The Morgan fingerprint density at radius 3 is 2.85 bits per heavy atom. The van der Waals surface area contributed by atoms with Gasteiger partial charge in [0.15, 0.2) is 0 Å². The van der Waals surface area contributed by atoms with Crippen LogP contribution in [0, 0.1) is 0 Å². The topological polar surface area (TPSA) is 24.9 Å². The number of aromatic nitrogens is 1. The van der Waals surface area contributed by atoms with Gasteiger partial charge in [-0.05, 0) is 41.0 Å². The van der Waals surface area contributed by atoms with E-state index in [4.69, 9.17) is 0 Å². The molecule has 0 aliphatic heterocycles. The number of pyridine rings is 1. The number of hydrogen-bond acceptors (Lipinski definition) is 2. The van der Waals surface area contributed by atoms with Crippen LogP contribution in [0.25, 0.3) is 0 Å². The Labute approximate surface area is 87.9 Å². The summed E-state index contributed by atoms with van der Waals surface area (Å²) in [7, 11) is 1.99. The lowest BCUT2D eigenvalue weighted by atomic mass is 10.1.